The molecule has 1 N–H and O–H groups in total. The molecule has 7 heteroatoms. The quantitative estimate of drug-likeness (QED) is 0.852. The van der Waals surface area contributed by atoms with Gasteiger partial charge in [-0.15, -0.1) is 0 Å². The van der Waals surface area contributed by atoms with Crippen LogP contribution in [0.25, 0.3) is 0 Å². The molecule has 1 aliphatic rings. The van der Waals surface area contributed by atoms with Crippen molar-refractivity contribution in [2.24, 2.45) is 0 Å². The standard InChI is InChI=1S/C9H12F3N3O/c1-2-8(4-3-5-13-8)7-14-6(15-16-7)9(10,11)12/h13H,2-5H2,1H3. The Hall–Kier alpha value is -1.11. The fourth-order valence-corrected chi connectivity index (χ4v) is 1.97. The van der Waals surface area contributed by atoms with Crippen molar-refractivity contribution < 1.29 is 17.7 Å². The van der Waals surface area contributed by atoms with Gasteiger partial charge in [-0.3, -0.25) is 0 Å². The predicted octanol–water partition coefficient (Wildman–Crippen LogP) is 2.08. The Bertz CT molecular complexity index is 368. The van der Waals surface area contributed by atoms with Gasteiger partial charge in [0.05, 0.1) is 5.54 Å². The molecule has 0 aromatic carbocycles. The molecule has 1 aromatic heterocycles. The number of hydrogen-bond acceptors (Lipinski definition) is 4. The maximum atomic E-state index is 12.3. The van der Waals surface area contributed by atoms with E-state index in [2.05, 4.69) is 15.5 Å². The Kier molecular flexibility index (Phi) is 2.65. The number of nitrogens with zero attached hydrogens (tertiary/aromatic N) is 2. The summed E-state index contributed by atoms with van der Waals surface area (Å²) in [7, 11) is 0. The second kappa shape index (κ2) is 3.73. The number of nitrogens with one attached hydrogen (secondary N) is 1. The van der Waals surface area contributed by atoms with Crippen molar-refractivity contribution in [2.45, 2.75) is 37.9 Å². The summed E-state index contributed by atoms with van der Waals surface area (Å²) in [6, 6.07) is 0. The molecule has 1 saturated heterocycles. The van der Waals surface area contributed by atoms with Gasteiger partial charge in [-0.2, -0.15) is 18.2 Å². The number of hydrogen-bond donors (Lipinski definition) is 1. The Balaban J connectivity index is 2.30. The molecule has 1 fully saturated rings. The zero-order chi connectivity index (χ0) is 11.8. The number of halogens is 3. The monoisotopic (exact) mass is 235 g/mol. The number of alkyl halides is 3. The molecule has 1 aliphatic heterocycles. The lowest BCUT2D eigenvalue weighted by atomic mass is 9.94. The molecule has 1 unspecified atom stereocenters. The second-order valence-electron chi connectivity index (χ2n) is 3.89. The van der Waals surface area contributed by atoms with E-state index < -0.39 is 17.5 Å². The van der Waals surface area contributed by atoms with Crippen LogP contribution >= 0.6 is 0 Å². The highest BCUT2D eigenvalue weighted by Crippen LogP contribution is 2.35. The maximum Gasteiger partial charge on any atom is 0.455 e. The molecule has 0 amide bonds. The van der Waals surface area contributed by atoms with Gasteiger partial charge in [-0.05, 0) is 25.8 Å². The molecule has 0 spiro atoms. The minimum atomic E-state index is -4.55. The van der Waals surface area contributed by atoms with Crippen LogP contribution in [0, 0.1) is 0 Å². The lowest BCUT2D eigenvalue weighted by Crippen LogP contribution is -2.36. The minimum Gasteiger partial charge on any atom is -0.337 e. The lowest BCUT2D eigenvalue weighted by molar-refractivity contribution is -0.146. The highest BCUT2D eigenvalue weighted by molar-refractivity contribution is 5.07. The summed E-state index contributed by atoms with van der Waals surface area (Å²) in [5, 5.41) is 6.11. The fraction of sp³-hybridized carbons (Fsp3) is 0.778. The van der Waals surface area contributed by atoms with E-state index in [1.165, 1.54) is 0 Å². The van der Waals surface area contributed by atoms with E-state index in [0.717, 1.165) is 19.4 Å². The summed E-state index contributed by atoms with van der Waals surface area (Å²) < 4.78 is 41.7. The molecule has 2 heterocycles. The van der Waals surface area contributed by atoms with Gasteiger partial charge in [0.2, 0.25) is 5.89 Å². The van der Waals surface area contributed by atoms with E-state index in [0.29, 0.717) is 6.42 Å². The molecule has 0 bridgehead atoms. The summed E-state index contributed by atoms with van der Waals surface area (Å²) in [5.74, 6) is -1.16. The summed E-state index contributed by atoms with van der Waals surface area (Å²) in [4.78, 5) is 3.44. The van der Waals surface area contributed by atoms with Crippen molar-refractivity contribution >= 4 is 0 Å². The molecule has 4 nitrogen and oxygen atoms in total. The Morgan fingerprint density at radius 3 is 2.69 bits per heavy atom. The van der Waals surface area contributed by atoms with E-state index >= 15 is 0 Å². The molecule has 0 saturated carbocycles. The van der Waals surface area contributed by atoms with Gasteiger partial charge in [-0.25, -0.2) is 0 Å². The van der Waals surface area contributed by atoms with E-state index in [1.807, 2.05) is 6.92 Å². The Morgan fingerprint density at radius 1 is 1.50 bits per heavy atom. The van der Waals surface area contributed by atoms with Gasteiger partial charge >= 0.3 is 6.18 Å². The summed E-state index contributed by atoms with van der Waals surface area (Å²) in [6.07, 6.45) is -2.29. The van der Waals surface area contributed by atoms with Crippen LogP contribution in [0.2, 0.25) is 0 Å². The molecule has 1 aromatic rings. The SMILES string of the molecule is CCC1(c2nc(C(F)(F)F)no2)CCCN1. The summed E-state index contributed by atoms with van der Waals surface area (Å²) >= 11 is 0. The third kappa shape index (κ3) is 1.79. The third-order valence-electron chi connectivity index (χ3n) is 2.94. The van der Waals surface area contributed by atoms with Crippen LogP contribution in [0.5, 0.6) is 0 Å². The average Bonchev–Trinajstić information content (AvgIpc) is 2.86. The molecule has 90 valence electrons. The van der Waals surface area contributed by atoms with Crippen molar-refractivity contribution in [1.29, 1.82) is 0 Å². The summed E-state index contributed by atoms with van der Waals surface area (Å²) in [5.41, 5.74) is -0.573. The van der Waals surface area contributed by atoms with Crippen molar-refractivity contribution in [3.05, 3.63) is 11.7 Å². The Labute approximate surface area is 90.2 Å². The first-order chi connectivity index (χ1) is 7.48. The first-order valence-corrected chi connectivity index (χ1v) is 5.14. The van der Waals surface area contributed by atoms with Crippen LogP contribution in [0.1, 0.15) is 37.9 Å². The highest BCUT2D eigenvalue weighted by atomic mass is 19.4. The summed E-state index contributed by atoms with van der Waals surface area (Å²) in [6.45, 7) is 2.65. The normalized spacial score (nSPS) is 26.2. The van der Waals surface area contributed by atoms with Gasteiger partial charge in [0.1, 0.15) is 0 Å². The van der Waals surface area contributed by atoms with Gasteiger partial charge in [-0.1, -0.05) is 12.1 Å². The van der Waals surface area contributed by atoms with E-state index in [4.69, 9.17) is 4.52 Å². The van der Waals surface area contributed by atoms with E-state index in [-0.39, 0.29) is 5.89 Å². The molecule has 0 radical (unpaired) electrons. The smallest absolute Gasteiger partial charge is 0.337 e. The minimum absolute atomic E-state index is 0.0415. The second-order valence-corrected chi connectivity index (χ2v) is 3.89. The molecule has 0 aliphatic carbocycles. The molecular formula is C9H12F3N3O. The van der Waals surface area contributed by atoms with E-state index in [9.17, 15) is 13.2 Å². The van der Waals surface area contributed by atoms with Crippen LogP contribution in [-0.2, 0) is 11.7 Å². The third-order valence-corrected chi connectivity index (χ3v) is 2.94. The maximum absolute atomic E-state index is 12.3. The van der Waals surface area contributed by atoms with Crippen LogP contribution < -0.4 is 5.32 Å². The van der Waals surface area contributed by atoms with Gasteiger partial charge in [0, 0.05) is 0 Å². The Morgan fingerprint density at radius 2 is 2.25 bits per heavy atom. The topological polar surface area (TPSA) is 51.0 Å². The van der Waals surface area contributed by atoms with Gasteiger partial charge in [0.15, 0.2) is 0 Å². The lowest BCUT2D eigenvalue weighted by Gasteiger charge is -2.22. The van der Waals surface area contributed by atoms with Crippen LogP contribution in [0.4, 0.5) is 13.2 Å². The molecule has 1 atom stereocenters. The number of rotatable bonds is 2. The zero-order valence-electron chi connectivity index (χ0n) is 8.76. The number of aromatic nitrogens is 2. The first-order valence-electron chi connectivity index (χ1n) is 5.14. The van der Waals surface area contributed by atoms with Crippen molar-refractivity contribution in [1.82, 2.24) is 15.5 Å². The molecule has 2 rings (SSSR count). The first kappa shape index (κ1) is 11.4. The largest absolute Gasteiger partial charge is 0.455 e. The van der Waals surface area contributed by atoms with Gasteiger partial charge < -0.3 is 9.84 Å². The fourth-order valence-electron chi connectivity index (χ4n) is 1.97. The van der Waals surface area contributed by atoms with Crippen LogP contribution in [-0.4, -0.2) is 16.7 Å². The van der Waals surface area contributed by atoms with Crippen LogP contribution in [0.3, 0.4) is 0 Å². The van der Waals surface area contributed by atoms with E-state index in [1.54, 1.807) is 0 Å². The van der Waals surface area contributed by atoms with Crippen molar-refractivity contribution in [3.8, 4) is 0 Å². The van der Waals surface area contributed by atoms with Crippen molar-refractivity contribution in [2.75, 3.05) is 6.54 Å². The van der Waals surface area contributed by atoms with Crippen LogP contribution in [0.15, 0.2) is 4.52 Å². The van der Waals surface area contributed by atoms with Gasteiger partial charge in [0.25, 0.3) is 5.82 Å². The molecular weight excluding hydrogens is 223 g/mol. The highest BCUT2D eigenvalue weighted by Gasteiger charge is 2.43. The van der Waals surface area contributed by atoms with Crippen molar-refractivity contribution in [3.63, 3.8) is 0 Å². The molecule has 16 heavy (non-hydrogen) atoms. The predicted molar refractivity (Wildman–Crippen MR) is 48.5 cm³/mol. The average molecular weight is 235 g/mol. The zero-order valence-corrected chi connectivity index (χ0v) is 8.76.